The van der Waals surface area contributed by atoms with Crippen LogP contribution in [0.4, 0.5) is 13.2 Å². The Balaban J connectivity index is 3.08. The minimum Gasteiger partial charge on any atom is -0.468 e. The maximum Gasteiger partial charge on any atom is 0.416 e. The van der Waals surface area contributed by atoms with E-state index in [4.69, 9.17) is 9.47 Å². The fraction of sp³-hybridized carbons (Fsp3) is 0.500. The first-order valence-corrected chi connectivity index (χ1v) is 8.11. The maximum absolute atomic E-state index is 12.8. The van der Waals surface area contributed by atoms with Gasteiger partial charge in [0.25, 0.3) is 0 Å². The third kappa shape index (κ3) is 5.70. The predicted molar refractivity (Wildman–Crippen MR) is 89.7 cm³/mol. The molecule has 0 bridgehead atoms. The first kappa shape index (κ1) is 22.5. The van der Waals surface area contributed by atoms with Crippen molar-refractivity contribution < 1.29 is 37.0 Å². The van der Waals surface area contributed by atoms with Crippen molar-refractivity contribution in [2.24, 2.45) is 0 Å². The lowest BCUT2D eigenvalue weighted by atomic mass is 9.81. The Bertz CT molecular complexity index is 687. The number of methoxy groups -OCH3 is 1. The molecule has 0 fully saturated rings. The van der Waals surface area contributed by atoms with Crippen LogP contribution in [0.3, 0.4) is 0 Å². The molecule has 0 aliphatic heterocycles. The van der Waals surface area contributed by atoms with Crippen molar-refractivity contribution in [2.75, 3.05) is 27.3 Å². The lowest BCUT2D eigenvalue weighted by Crippen LogP contribution is -2.46. The van der Waals surface area contributed by atoms with E-state index >= 15 is 0 Å². The van der Waals surface area contributed by atoms with Crippen LogP contribution < -0.4 is 0 Å². The number of rotatable bonds is 7. The predicted octanol–water partition coefficient (Wildman–Crippen LogP) is 2.55. The molecule has 0 aromatic heterocycles. The fourth-order valence-corrected chi connectivity index (χ4v) is 2.56. The summed E-state index contributed by atoms with van der Waals surface area (Å²) in [5.41, 5.74) is -2.03. The van der Waals surface area contributed by atoms with E-state index in [1.807, 2.05) is 0 Å². The summed E-state index contributed by atoms with van der Waals surface area (Å²) in [6.07, 6.45) is -5.01. The zero-order valence-electron chi connectivity index (χ0n) is 15.6. The number of carbonyl (C=O) groups excluding carboxylic acids is 3. The van der Waals surface area contributed by atoms with Gasteiger partial charge in [0.15, 0.2) is 0 Å². The van der Waals surface area contributed by atoms with Gasteiger partial charge in [-0.3, -0.25) is 14.4 Å². The number of hydrogen-bond donors (Lipinski definition) is 0. The second-order valence-corrected chi connectivity index (χ2v) is 6.13. The first-order valence-electron chi connectivity index (χ1n) is 8.11. The van der Waals surface area contributed by atoms with Gasteiger partial charge in [0, 0.05) is 13.6 Å². The highest BCUT2D eigenvalue weighted by Crippen LogP contribution is 2.32. The molecular formula is C18H22F3NO5. The van der Waals surface area contributed by atoms with Crippen LogP contribution in [0.5, 0.6) is 0 Å². The number of nitrogens with zero attached hydrogens (tertiary/aromatic N) is 1. The topological polar surface area (TPSA) is 72.9 Å². The molecule has 1 atom stereocenters. The molecule has 0 heterocycles. The van der Waals surface area contributed by atoms with Crippen molar-refractivity contribution in [3.05, 3.63) is 35.4 Å². The smallest absolute Gasteiger partial charge is 0.416 e. The molecular weight excluding hydrogens is 367 g/mol. The molecule has 1 unspecified atom stereocenters. The molecule has 1 aromatic carbocycles. The van der Waals surface area contributed by atoms with Gasteiger partial charge in [-0.25, -0.2) is 0 Å². The van der Waals surface area contributed by atoms with Crippen molar-refractivity contribution in [2.45, 2.75) is 31.9 Å². The molecule has 0 N–H and O–H groups in total. The fourth-order valence-electron chi connectivity index (χ4n) is 2.56. The van der Waals surface area contributed by atoms with Gasteiger partial charge >= 0.3 is 18.1 Å². The summed E-state index contributed by atoms with van der Waals surface area (Å²) in [6.45, 7) is 2.99. The Hall–Kier alpha value is -2.58. The standard InChI is InChI=1S/C18H22F3NO5/c1-5-27-15(24)10-14(23)22(3)11-17(2,16(25)26-4)12-6-8-13(9-7-12)18(19,20)21/h6-9H,5,10-11H2,1-4H3. The Morgan fingerprint density at radius 3 is 2.04 bits per heavy atom. The number of likely N-dealkylation sites (N-methyl/N-ethyl adjacent to an activating group) is 1. The van der Waals surface area contributed by atoms with Crippen molar-refractivity contribution >= 4 is 17.8 Å². The van der Waals surface area contributed by atoms with Crippen LogP contribution >= 0.6 is 0 Å². The van der Waals surface area contributed by atoms with E-state index < -0.39 is 41.4 Å². The van der Waals surface area contributed by atoms with Crippen LogP contribution in [-0.4, -0.2) is 50.1 Å². The number of halogens is 3. The van der Waals surface area contributed by atoms with E-state index in [1.54, 1.807) is 6.92 Å². The van der Waals surface area contributed by atoms with Crippen LogP contribution in [0, 0.1) is 0 Å². The molecule has 0 aliphatic rings. The molecule has 0 aliphatic carbocycles. The second kappa shape index (κ2) is 8.88. The van der Waals surface area contributed by atoms with Gasteiger partial charge < -0.3 is 14.4 Å². The van der Waals surface area contributed by atoms with Gasteiger partial charge in [-0.05, 0) is 31.5 Å². The Labute approximate surface area is 155 Å². The number of benzene rings is 1. The molecule has 6 nitrogen and oxygen atoms in total. The molecule has 0 saturated heterocycles. The number of ether oxygens (including phenoxy) is 2. The van der Waals surface area contributed by atoms with Gasteiger partial charge in [-0.15, -0.1) is 0 Å². The summed E-state index contributed by atoms with van der Waals surface area (Å²) in [5.74, 6) is -2.02. The van der Waals surface area contributed by atoms with Crippen LogP contribution in [0.2, 0.25) is 0 Å². The Morgan fingerprint density at radius 2 is 1.59 bits per heavy atom. The van der Waals surface area contributed by atoms with Crippen molar-refractivity contribution in [1.82, 2.24) is 4.90 Å². The van der Waals surface area contributed by atoms with E-state index in [1.165, 1.54) is 26.1 Å². The summed E-state index contributed by atoms with van der Waals surface area (Å²) in [7, 11) is 2.53. The summed E-state index contributed by atoms with van der Waals surface area (Å²) in [4.78, 5) is 37.1. The maximum atomic E-state index is 12.8. The average molecular weight is 389 g/mol. The molecule has 27 heavy (non-hydrogen) atoms. The largest absolute Gasteiger partial charge is 0.468 e. The van der Waals surface area contributed by atoms with Crippen LogP contribution in [0.1, 0.15) is 31.4 Å². The van der Waals surface area contributed by atoms with Crippen molar-refractivity contribution in [1.29, 1.82) is 0 Å². The highest BCUT2D eigenvalue weighted by molar-refractivity contribution is 5.94. The molecule has 1 aromatic rings. The molecule has 1 rings (SSSR count). The summed E-state index contributed by atoms with van der Waals surface area (Å²) in [5, 5.41) is 0. The third-order valence-corrected chi connectivity index (χ3v) is 4.07. The number of hydrogen-bond acceptors (Lipinski definition) is 5. The SMILES string of the molecule is CCOC(=O)CC(=O)N(C)CC(C)(C(=O)OC)c1ccc(C(F)(F)F)cc1. The third-order valence-electron chi connectivity index (χ3n) is 4.07. The molecule has 9 heteroatoms. The number of alkyl halides is 3. The summed E-state index contributed by atoms with van der Waals surface area (Å²) < 4.78 is 47.7. The van der Waals surface area contributed by atoms with E-state index in [-0.39, 0.29) is 18.7 Å². The quantitative estimate of drug-likeness (QED) is 0.529. The highest BCUT2D eigenvalue weighted by Gasteiger charge is 2.40. The van der Waals surface area contributed by atoms with Gasteiger partial charge in [-0.2, -0.15) is 13.2 Å². The minimum atomic E-state index is -4.51. The zero-order valence-corrected chi connectivity index (χ0v) is 15.6. The summed E-state index contributed by atoms with van der Waals surface area (Å²) in [6, 6.07) is 4.06. The average Bonchev–Trinajstić information content (AvgIpc) is 2.60. The first-order chi connectivity index (χ1) is 12.5. The Kier molecular flexibility index (Phi) is 7.38. The molecule has 0 radical (unpaired) electrons. The second-order valence-electron chi connectivity index (χ2n) is 6.13. The number of amides is 1. The molecule has 1 amide bonds. The van der Waals surface area contributed by atoms with Crippen LogP contribution in [-0.2, 0) is 35.4 Å². The lowest BCUT2D eigenvalue weighted by molar-refractivity contribution is -0.150. The molecule has 0 spiro atoms. The van der Waals surface area contributed by atoms with E-state index in [2.05, 4.69) is 0 Å². The van der Waals surface area contributed by atoms with E-state index in [0.29, 0.717) is 0 Å². The van der Waals surface area contributed by atoms with Gasteiger partial charge in [0.1, 0.15) is 11.8 Å². The lowest BCUT2D eigenvalue weighted by Gasteiger charge is -2.32. The zero-order chi connectivity index (χ0) is 20.8. The van der Waals surface area contributed by atoms with Crippen LogP contribution in [0.25, 0.3) is 0 Å². The van der Waals surface area contributed by atoms with E-state index in [0.717, 1.165) is 24.1 Å². The number of carbonyl (C=O) groups is 3. The summed E-state index contributed by atoms with van der Waals surface area (Å²) >= 11 is 0. The van der Waals surface area contributed by atoms with Gasteiger partial charge in [-0.1, -0.05) is 12.1 Å². The minimum absolute atomic E-state index is 0.126. The van der Waals surface area contributed by atoms with Gasteiger partial charge in [0.2, 0.25) is 5.91 Å². The number of esters is 2. The van der Waals surface area contributed by atoms with E-state index in [9.17, 15) is 27.6 Å². The van der Waals surface area contributed by atoms with Crippen molar-refractivity contribution in [3.63, 3.8) is 0 Å². The Morgan fingerprint density at radius 1 is 1.07 bits per heavy atom. The monoisotopic (exact) mass is 389 g/mol. The van der Waals surface area contributed by atoms with Gasteiger partial charge in [0.05, 0.1) is 19.3 Å². The highest BCUT2D eigenvalue weighted by atomic mass is 19.4. The molecule has 150 valence electrons. The van der Waals surface area contributed by atoms with Crippen LogP contribution in [0.15, 0.2) is 24.3 Å². The molecule has 0 saturated carbocycles. The normalized spacial score (nSPS) is 13.4. The van der Waals surface area contributed by atoms with Crippen molar-refractivity contribution in [3.8, 4) is 0 Å².